The van der Waals surface area contributed by atoms with Crippen LogP contribution < -0.4 is 5.06 Å². The second-order valence-electron chi connectivity index (χ2n) is 4.37. The van der Waals surface area contributed by atoms with Gasteiger partial charge in [0.05, 0.1) is 11.4 Å². The van der Waals surface area contributed by atoms with Crippen molar-refractivity contribution in [2.75, 3.05) is 5.06 Å². The second-order valence-corrected chi connectivity index (χ2v) is 4.37. The van der Waals surface area contributed by atoms with Gasteiger partial charge in [-0.3, -0.25) is 15.6 Å². The third-order valence-electron chi connectivity index (χ3n) is 3.10. The zero-order valence-electron chi connectivity index (χ0n) is 10.7. The number of aliphatic imine (C=N–C) groups is 1. The first-order valence-corrected chi connectivity index (χ1v) is 6.24. The first-order chi connectivity index (χ1) is 9.77. The van der Waals surface area contributed by atoms with Gasteiger partial charge in [-0.1, -0.05) is 48.5 Å². The summed E-state index contributed by atoms with van der Waals surface area (Å²) >= 11 is 0. The number of fused-ring (bicyclic) bond motifs is 1. The van der Waals surface area contributed by atoms with Crippen LogP contribution in [0.15, 0.2) is 71.9 Å². The van der Waals surface area contributed by atoms with Crippen LogP contribution in [0.3, 0.4) is 0 Å². The summed E-state index contributed by atoms with van der Waals surface area (Å²) in [6.45, 7) is 0. The molecule has 0 radical (unpaired) electrons. The van der Waals surface area contributed by atoms with Gasteiger partial charge in [0.2, 0.25) is 0 Å². The Morgan fingerprint density at radius 2 is 1.65 bits per heavy atom. The van der Waals surface area contributed by atoms with Crippen LogP contribution in [0.25, 0.3) is 0 Å². The van der Waals surface area contributed by atoms with Crippen molar-refractivity contribution >= 4 is 17.2 Å². The van der Waals surface area contributed by atoms with E-state index in [0.717, 1.165) is 21.9 Å². The van der Waals surface area contributed by atoms with Crippen molar-refractivity contribution in [2.24, 2.45) is 4.99 Å². The monoisotopic (exact) mass is 263 g/mol. The molecular formula is C16H13N3O. The van der Waals surface area contributed by atoms with Gasteiger partial charge in [0.1, 0.15) is 0 Å². The standard InChI is InChI=1S/C16H13N3O/c17-15-10-11-18-16(12-6-2-1-3-7-12)13-8-4-5-9-14(13)19(15)20/h1-11,17,20H. The van der Waals surface area contributed by atoms with E-state index in [1.54, 1.807) is 6.07 Å². The summed E-state index contributed by atoms with van der Waals surface area (Å²) in [4.78, 5) is 4.44. The maximum atomic E-state index is 10.1. The molecule has 1 aliphatic heterocycles. The van der Waals surface area contributed by atoms with Gasteiger partial charge in [-0.15, -0.1) is 0 Å². The van der Waals surface area contributed by atoms with Crippen LogP contribution in [0, 0.1) is 5.41 Å². The van der Waals surface area contributed by atoms with Crippen molar-refractivity contribution < 1.29 is 5.21 Å². The molecule has 0 spiro atoms. The van der Waals surface area contributed by atoms with Crippen LogP contribution in [0.1, 0.15) is 11.1 Å². The topological polar surface area (TPSA) is 59.7 Å². The van der Waals surface area contributed by atoms with E-state index in [4.69, 9.17) is 5.41 Å². The number of anilines is 1. The number of hydrogen-bond donors (Lipinski definition) is 2. The van der Waals surface area contributed by atoms with Crippen LogP contribution in [0.2, 0.25) is 0 Å². The SMILES string of the molecule is N=C1C=CN=C(c2ccccc2)c2ccccc2N1O. The summed E-state index contributed by atoms with van der Waals surface area (Å²) in [5, 5.41) is 18.7. The molecule has 2 N–H and O–H groups in total. The normalized spacial score (nSPS) is 14.3. The van der Waals surface area contributed by atoms with Gasteiger partial charge in [-0.05, 0) is 6.07 Å². The van der Waals surface area contributed by atoms with Crippen molar-refractivity contribution in [2.45, 2.75) is 0 Å². The molecule has 1 heterocycles. The largest absolute Gasteiger partial charge is 0.282 e. The first kappa shape index (κ1) is 12.3. The lowest BCUT2D eigenvalue weighted by molar-refractivity contribution is 0.312. The second kappa shape index (κ2) is 5.11. The molecule has 0 aromatic heterocycles. The molecule has 0 saturated heterocycles. The van der Waals surface area contributed by atoms with Crippen molar-refractivity contribution in [1.82, 2.24) is 0 Å². The number of hydroxylamine groups is 1. The molecule has 2 aromatic carbocycles. The maximum Gasteiger partial charge on any atom is 0.151 e. The summed E-state index contributed by atoms with van der Waals surface area (Å²) in [6.07, 6.45) is 2.99. The Morgan fingerprint density at radius 1 is 0.950 bits per heavy atom. The van der Waals surface area contributed by atoms with Gasteiger partial charge in [0, 0.05) is 23.4 Å². The van der Waals surface area contributed by atoms with Gasteiger partial charge >= 0.3 is 0 Å². The number of rotatable bonds is 1. The molecule has 0 unspecified atom stereocenters. The predicted octanol–water partition coefficient (Wildman–Crippen LogP) is 3.22. The number of para-hydroxylation sites is 1. The summed E-state index contributed by atoms with van der Waals surface area (Å²) in [5.41, 5.74) is 3.06. The van der Waals surface area contributed by atoms with E-state index in [0.29, 0.717) is 5.69 Å². The van der Waals surface area contributed by atoms with E-state index in [2.05, 4.69) is 4.99 Å². The van der Waals surface area contributed by atoms with Crippen LogP contribution in [-0.4, -0.2) is 16.8 Å². The number of amidine groups is 1. The Labute approximate surface area is 116 Å². The molecule has 0 saturated carbocycles. The smallest absolute Gasteiger partial charge is 0.151 e. The summed E-state index contributed by atoms with van der Waals surface area (Å²) in [7, 11) is 0. The highest BCUT2D eigenvalue weighted by Crippen LogP contribution is 2.24. The lowest BCUT2D eigenvalue weighted by atomic mass is 10.00. The minimum atomic E-state index is -0.0201. The molecule has 4 nitrogen and oxygen atoms in total. The molecule has 1 aliphatic rings. The van der Waals surface area contributed by atoms with E-state index in [1.165, 1.54) is 12.3 Å². The molecule has 3 rings (SSSR count). The third-order valence-corrected chi connectivity index (χ3v) is 3.10. The minimum Gasteiger partial charge on any atom is -0.282 e. The van der Waals surface area contributed by atoms with Crippen molar-refractivity contribution in [3.05, 3.63) is 78.0 Å². The van der Waals surface area contributed by atoms with Crippen LogP contribution in [0.5, 0.6) is 0 Å². The van der Waals surface area contributed by atoms with Gasteiger partial charge < -0.3 is 0 Å². The number of benzene rings is 2. The molecule has 2 aromatic rings. The Morgan fingerprint density at radius 3 is 2.45 bits per heavy atom. The highest BCUT2D eigenvalue weighted by molar-refractivity contribution is 6.18. The molecule has 0 fully saturated rings. The van der Waals surface area contributed by atoms with Gasteiger partial charge in [0.15, 0.2) is 5.84 Å². The average molecular weight is 263 g/mol. The summed E-state index contributed by atoms with van der Waals surface area (Å²) < 4.78 is 0. The zero-order valence-corrected chi connectivity index (χ0v) is 10.7. The number of nitrogens with zero attached hydrogens (tertiary/aromatic N) is 2. The molecule has 0 amide bonds. The summed E-state index contributed by atoms with van der Waals surface area (Å²) in [5.74, 6) is -0.0201. The molecule has 0 bridgehead atoms. The maximum absolute atomic E-state index is 10.1. The van der Waals surface area contributed by atoms with Crippen molar-refractivity contribution in [3.8, 4) is 0 Å². The summed E-state index contributed by atoms with van der Waals surface area (Å²) in [6, 6.07) is 17.1. The van der Waals surface area contributed by atoms with E-state index >= 15 is 0 Å². The molecular weight excluding hydrogens is 250 g/mol. The third kappa shape index (κ3) is 2.13. The fourth-order valence-corrected chi connectivity index (χ4v) is 2.14. The fraction of sp³-hybridized carbons (Fsp3) is 0. The van der Waals surface area contributed by atoms with E-state index < -0.39 is 0 Å². The molecule has 98 valence electrons. The van der Waals surface area contributed by atoms with Crippen LogP contribution >= 0.6 is 0 Å². The van der Waals surface area contributed by atoms with Crippen LogP contribution in [-0.2, 0) is 0 Å². The molecule has 0 aliphatic carbocycles. The molecule has 20 heavy (non-hydrogen) atoms. The van der Waals surface area contributed by atoms with Gasteiger partial charge in [-0.25, -0.2) is 5.06 Å². The van der Waals surface area contributed by atoms with Gasteiger partial charge in [-0.2, -0.15) is 0 Å². The highest BCUT2D eigenvalue weighted by atomic mass is 16.5. The van der Waals surface area contributed by atoms with Crippen LogP contribution in [0.4, 0.5) is 5.69 Å². The molecule has 0 atom stereocenters. The lowest BCUT2D eigenvalue weighted by Crippen LogP contribution is -2.27. The Bertz CT molecular complexity index is 705. The Kier molecular flexibility index (Phi) is 3.15. The predicted molar refractivity (Wildman–Crippen MR) is 79.7 cm³/mol. The van der Waals surface area contributed by atoms with Gasteiger partial charge in [0.25, 0.3) is 0 Å². The molecule has 4 heteroatoms. The minimum absolute atomic E-state index is 0.0201. The van der Waals surface area contributed by atoms with E-state index in [-0.39, 0.29) is 5.84 Å². The number of hydrogen-bond acceptors (Lipinski definition) is 3. The average Bonchev–Trinajstić information content (AvgIpc) is 2.50. The fourth-order valence-electron chi connectivity index (χ4n) is 2.14. The lowest BCUT2D eigenvalue weighted by Gasteiger charge is -2.21. The number of nitrogens with one attached hydrogen (secondary N) is 1. The van der Waals surface area contributed by atoms with Crippen molar-refractivity contribution in [1.29, 1.82) is 5.41 Å². The Hall–Kier alpha value is -2.72. The highest BCUT2D eigenvalue weighted by Gasteiger charge is 2.18. The zero-order chi connectivity index (χ0) is 13.9. The van der Waals surface area contributed by atoms with E-state index in [9.17, 15) is 5.21 Å². The quantitative estimate of drug-likeness (QED) is 0.829. The van der Waals surface area contributed by atoms with Crippen molar-refractivity contribution in [3.63, 3.8) is 0 Å². The van der Waals surface area contributed by atoms with E-state index in [1.807, 2.05) is 48.5 Å². The Balaban J connectivity index is 2.24. The first-order valence-electron chi connectivity index (χ1n) is 6.24.